The zero-order chi connectivity index (χ0) is 18.4. The van der Waals surface area contributed by atoms with Crippen molar-refractivity contribution in [2.75, 3.05) is 18.0 Å². The predicted octanol–water partition coefficient (Wildman–Crippen LogP) is 2.74. The van der Waals surface area contributed by atoms with Crippen LogP contribution in [-0.4, -0.2) is 36.1 Å². The average Bonchev–Trinajstić information content (AvgIpc) is 2.96. The van der Waals surface area contributed by atoms with Crippen molar-refractivity contribution in [3.63, 3.8) is 0 Å². The monoisotopic (exact) mass is 344 g/mol. The van der Waals surface area contributed by atoms with Gasteiger partial charge in [-0.2, -0.15) is 0 Å². The van der Waals surface area contributed by atoms with Crippen molar-refractivity contribution in [3.05, 3.63) is 35.9 Å². The first-order valence-electron chi connectivity index (χ1n) is 8.81. The molecule has 0 spiro atoms. The third-order valence-corrected chi connectivity index (χ3v) is 4.29. The van der Waals surface area contributed by atoms with Gasteiger partial charge in [-0.3, -0.25) is 9.59 Å². The molecule has 0 radical (unpaired) electrons. The first-order chi connectivity index (χ1) is 11.8. The van der Waals surface area contributed by atoms with Gasteiger partial charge < -0.3 is 15.3 Å². The van der Waals surface area contributed by atoms with Crippen LogP contribution in [0.4, 0.5) is 5.69 Å². The van der Waals surface area contributed by atoms with Crippen LogP contribution in [0.15, 0.2) is 30.3 Å². The molecule has 136 valence electrons. The Kier molecular flexibility index (Phi) is 6.37. The smallest absolute Gasteiger partial charge is 0.244 e. The minimum Gasteiger partial charge on any atom is -0.393 e. The van der Waals surface area contributed by atoms with Gasteiger partial charge >= 0.3 is 0 Å². The maximum atomic E-state index is 12.0. The molecule has 2 N–H and O–H groups in total. The second kappa shape index (κ2) is 8.30. The van der Waals surface area contributed by atoms with Gasteiger partial charge in [-0.1, -0.05) is 26.0 Å². The third kappa shape index (κ3) is 6.02. The van der Waals surface area contributed by atoms with Crippen molar-refractivity contribution in [2.24, 2.45) is 5.41 Å². The van der Waals surface area contributed by atoms with Crippen LogP contribution in [0.3, 0.4) is 0 Å². The molecule has 1 saturated heterocycles. The number of anilines is 1. The van der Waals surface area contributed by atoms with Crippen molar-refractivity contribution < 1.29 is 14.7 Å². The molecule has 1 aromatic rings. The number of rotatable bonds is 7. The summed E-state index contributed by atoms with van der Waals surface area (Å²) in [5.41, 5.74) is 1.67. The normalized spacial score (nSPS) is 16.5. The highest BCUT2D eigenvalue weighted by molar-refractivity contribution is 5.95. The molecule has 5 nitrogen and oxygen atoms in total. The Balaban J connectivity index is 1.86. The summed E-state index contributed by atoms with van der Waals surface area (Å²) in [4.78, 5) is 25.5. The predicted molar refractivity (Wildman–Crippen MR) is 100 cm³/mol. The quantitative estimate of drug-likeness (QED) is 0.747. The van der Waals surface area contributed by atoms with E-state index >= 15 is 0 Å². The molecule has 1 fully saturated rings. The van der Waals surface area contributed by atoms with Crippen LogP contribution >= 0.6 is 0 Å². The number of benzene rings is 1. The number of aliphatic hydroxyl groups is 1. The van der Waals surface area contributed by atoms with E-state index in [0.717, 1.165) is 24.2 Å². The van der Waals surface area contributed by atoms with Crippen molar-refractivity contribution in [2.45, 2.75) is 46.1 Å². The van der Waals surface area contributed by atoms with Crippen molar-refractivity contribution in [1.82, 2.24) is 5.32 Å². The lowest BCUT2D eigenvalue weighted by Crippen LogP contribution is -2.34. The van der Waals surface area contributed by atoms with Crippen LogP contribution < -0.4 is 10.2 Å². The summed E-state index contributed by atoms with van der Waals surface area (Å²) in [5, 5.41) is 12.3. The molecule has 25 heavy (non-hydrogen) atoms. The lowest BCUT2D eigenvalue weighted by molar-refractivity contribution is -0.117. The van der Waals surface area contributed by atoms with E-state index < -0.39 is 0 Å². The summed E-state index contributed by atoms with van der Waals surface area (Å²) in [5.74, 6) is 0.0138. The summed E-state index contributed by atoms with van der Waals surface area (Å²) < 4.78 is 0. The molecule has 5 heteroatoms. The molecular formula is C20H28N2O3. The number of hydrogen-bond acceptors (Lipinski definition) is 3. The van der Waals surface area contributed by atoms with E-state index in [1.165, 1.54) is 6.08 Å². The van der Waals surface area contributed by atoms with Crippen LogP contribution in [0.5, 0.6) is 0 Å². The van der Waals surface area contributed by atoms with Crippen LogP contribution in [0.2, 0.25) is 0 Å². The van der Waals surface area contributed by atoms with Crippen LogP contribution in [-0.2, 0) is 9.59 Å². The van der Waals surface area contributed by atoms with Crippen molar-refractivity contribution in [1.29, 1.82) is 0 Å². The number of aliphatic hydroxyl groups excluding tert-OH is 1. The Hall–Kier alpha value is -2.14. The fourth-order valence-corrected chi connectivity index (χ4v) is 3.12. The number of carbonyl (C=O) groups is 2. The first kappa shape index (κ1) is 19.2. The Morgan fingerprint density at radius 1 is 1.36 bits per heavy atom. The molecule has 0 bridgehead atoms. The van der Waals surface area contributed by atoms with Gasteiger partial charge in [-0.15, -0.1) is 0 Å². The van der Waals surface area contributed by atoms with E-state index in [4.69, 9.17) is 0 Å². The highest BCUT2D eigenvalue weighted by Gasteiger charge is 2.21. The minimum atomic E-state index is -0.386. The molecule has 1 heterocycles. The molecule has 1 unspecified atom stereocenters. The van der Waals surface area contributed by atoms with Crippen molar-refractivity contribution >= 4 is 23.6 Å². The van der Waals surface area contributed by atoms with E-state index in [-0.39, 0.29) is 23.3 Å². The van der Waals surface area contributed by atoms with Crippen LogP contribution in [0, 0.1) is 5.41 Å². The van der Waals surface area contributed by atoms with E-state index in [2.05, 4.69) is 5.32 Å². The number of amides is 2. The van der Waals surface area contributed by atoms with Crippen LogP contribution in [0.25, 0.3) is 6.08 Å². The van der Waals surface area contributed by atoms with Gasteiger partial charge in [-0.05, 0) is 49.0 Å². The number of nitrogens with zero attached hydrogens (tertiary/aromatic N) is 1. The topological polar surface area (TPSA) is 69.6 Å². The van der Waals surface area contributed by atoms with Gasteiger partial charge in [0.25, 0.3) is 0 Å². The minimum absolute atomic E-state index is 0.151. The highest BCUT2D eigenvalue weighted by Crippen LogP contribution is 2.22. The number of nitrogens with one attached hydrogen (secondary N) is 1. The molecular weight excluding hydrogens is 316 g/mol. The second-order valence-corrected chi connectivity index (χ2v) is 7.51. The summed E-state index contributed by atoms with van der Waals surface area (Å²) >= 11 is 0. The summed E-state index contributed by atoms with van der Waals surface area (Å²) in [6.45, 7) is 7.07. The fraction of sp³-hybridized carbons (Fsp3) is 0.500. The van der Waals surface area contributed by atoms with E-state index in [9.17, 15) is 14.7 Å². The van der Waals surface area contributed by atoms with Crippen LogP contribution in [0.1, 0.15) is 45.6 Å². The molecule has 0 aromatic heterocycles. The zero-order valence-electron chi connectivity index (χ0n) is 15.3. The molecule has 0 saturated carbocycles. The van der Waals surface area contributed by atoms with E-state index in [1.54, 1.807) is 17.9 Å². The Morgan fingerprint density at radius 3 is 2.60 bits per heavy atom. The summed E-state index contributed by atoms with van der Waals surface area (Å²) in [7, 11) is 0. The zero-order valence-corrected chi connectivity index (χ0v) is 15.3. The third-order valence-electron chi connectivity index (χ3n) is 4.29. The lowest BCUT2D eigenvalue weighted by Gasteiger charge is -2.26. The molecule has 1 aliphatic rings. The Labute approximate surface area is 149 Å². The molecule has 1 aliphatic heterocycles. The molecule has 1 atom stereocenters. The largest absolute Gasteiger partial charge is 0.393 e. The van der Waals surface area contributed by atoms with Gasteiger partial charge in [-0.25, -0.2) is 0 Å². The van der Waals surface area contributed by atoms with Gasteiger partial charge in [0, 0.05) is 31.3 Å². The molecule has 2 amide bonds. The van der Waals surface area contributed by atoms with Gasteiger partial charge in [0.15, 0.2) is 0 Å². The SMILES string of the molecule is CC(O)CC(C)(C)CNC(=O)C=Cc1ccc(N2CCCC2=O)cc1. The maximum Gasteiger partial charge on any atom is 0.244 e. The highest BCUT2D eigenvalue weighted by atomic mass is 16.3. The first-order valence-corrected chi connectivity index (χ1v) is 8.81. The van der Waals surface area contributed by atoms with E-state index in [0.29, 0.717) is 19.4 Å². The lowest BCUT2D eigenvalue weighted by atomic mass is 9.87. The average molecular weight is 344 g/mol. The van der Waals surface area contributed by atoms with E-state index in [1.807, 2.05) is 38.1 Å². The van der Waals surface area contributed by atoms with Gasteiger partial charge in [0.2, 0.25) is 11.8 Å². The number of carbonyl (C=O) groups excluding carboxylic acids is 2. The van der Waals surface area contributed by atoms with Crippen molar-refractivity contribution in [3.8, 4) is 0 Å². The van der Waals surface area contributed by atoms with Gasteiger partial charge in [0.05, 0.1) is 6.10 Å². The second-order valence-electron chi connectivity index (χ2n) is 7.51. The van der Waals surface area contributed by atoms with Gasteiger partial charge in [0.1, 0.15) is 0 Å². The summed E-state index contributed by atoms with van der Waals surface area (Å²) in [6.07, 6.45) is 5.04. The number of hydrogen-bond donors (Lipinski definition) is 2. The fourth-order valence-electron chi connectivity index (χ4n) is 3.12. The standard InChI is InChI=1S/C20H28N2O3/c1-15(23)13-20(2,3)14-21-18(24)11-8-16-6-9-17(10-7-16)22-12-4-5-19(22)25/h6-11,15,23H,4-5,12-14H2,1-3H3,(H,21,24). The Bertz CT molecular complexity index is 633. The molecule has 1 aromatic carbocycles. The summed E-state index contributed by atoms with van der Waals surface area (Å²) in [6, 6.07) is 7.63. The Morgan fingerprint density at radius 2 is 2.04 bits per heavy atom. The molecule has 0 aliphatic carbocycles. The molecule has 2 rings (SSSR count). The maximum absolute atomic E-state index is 12.0.